The van der Waals surface area contributed by atoms with Crippen LogP contribution in [0.1, 0.15) is 22.3 Å². The molecule has 2 aromatic rings. The van der Waals surface area contributed by atoms with Crippen molar-refractivity contribution in [1.82, 2.24) is 9.88 Å². The molecule has 1 heterocycles. The minimum Gasteiger partial charge on any atom is -0.298 e. The van der Waals surface area contributed by atoms with Crippen molar-refractivity contribution >= 4 is 0 Å². The van der Waals surface area contributed by atoms with Crippen molar-refractivity contribution in [2.24, 2.45) is 0 Å². The SMILES string of the molecule is Cc1cncc(CN(C)Cc2cccc(C#N)c2)c1. The Hall–Kier alpha value is -2.18. The zero-order valence-corrected chi connectivity index (χ0v) is 11.3. The lowest BCUT2D eigenvalue weighted by Gasteiger charge is -2.17. The molecule has 0 N–H and O–H groups in total. The summed E-state index contributed by atoms with van der Waals surface area (Å²) in [5.41, 5.74) is 4.25. The van der Waals surface area contributed by atoms with Crippen molar-refractivity contribution in [1.29, 1.82) is 5.26 Å². The minimum atomic E-state index is 0.711. The molecule has 0 aliphatic rings. The summed E-state index contributed by atoms with van der Waals surface area (Å²) in [7, 11) is 2.07. The average Bonchev–Trinajstić information content (AvgIpc) is 2.38. The lowest BCUT2D eigenvalue weighted by Crippen LogP contribution is -2.17. The number of benzene rings is 1. The zero-order valence-electron chi connectivity index (χ0n) is 11.3. The third-order valence-corrected chi connectivity index (χ3v) is 2.89. The normalized spacial score (nSPS) is 10.4. The van der Waals surface area contributed by atoms with Gasteiger partial charge in [0.15, 0.2) is 0 Å². The molecule has 0 spiro atoms. The molecule has 0 amide bonds. The summed E-state index contributed by atoms with van der Waals surface area (Å²) in [6.45, 7) is 3.72. The van der Waals surface area contributed by atoms with E-state index >= 15 is 0 Å². The van der Waals surface area contributed by atoms with Crippen LogP contribution < -0.4 is 0 Å². The summed E-state index contributed by atoms with van der Waals surface area (Å²) in [6, 6.07) is 12.1. The molecule has 3 heteroatoms. The van der Waals surface area contributed by atoms with Gasteiger partial charge in [0.25, 0.3) is 0 Å². The third-order valence-electron chi connectivity index (χ3n) is 2.89. The van der Waals surface area contributed by atoms with Gasteiger partial charge >= 0.3 is 0 Å². The van der Waals surface area contributed by atoms with Crippen molar-refractivity contribution < 1.29 is 0 Å². The number of nitrogens with zero attached hydrogens (tertiary/aromatic N) is 3. The third kappa shape index (κ3) is 3.90. The topological polar surface area (TPSA) is 39.9 Å². The van der Waals surface area contributed by atoms with Gasteiger partial charge in [0.2, 0.25) is 0 Å². The van der Waals surface area contributed by atoms with Crippen molar-refractivity contribution in [3.05, 3.63) is 65.0 Å². The first-order chi connectivity index (χ1) is 9.17. The highest BCUT2D eigenvalue weighted by atomic mass is 15.1. The summed E-state index contributed by atoms with van der Waals surface area (Å²) in [5, 5.41) is 8.89. The molecule has 1 aromatic carbocycles. The van der Waals surface area contributed by atoms with Gasteiger partial charge in [-0.05, 0) is 42.8 Å². The first-order valence-electron chi connectivity index (χ1n) is 6.25. The molecule has 0 atom stereocenters. The van der Waals surface area contributed by atoms with E-state index in [0.29, 0.717) is 5.56 Å². The lowest BCUT2D eigenvalue weighted by atomic mass is 10.1. The Labute approximate surface area is 114 Å². The first kappa shape index (κ1) is 13.3. The Morgan fingerprint density at radius 2 is 1.95 bits per heavy atom. The Morgan fingerprint density at radius 1 is 1.16 bits per heavy atom. The van der Waals surface area contributed by atoms with Crippen molar-refractivity contribution in [2.75, 3.05) is 7.05 Å². The van der Waals surface area contributed by atoms with Crippen molar-refractivity contribution in [2.45, 2.75) is 20.0 Å². The molecular weight excluding hydrogens is 234 g/mol. The number of hydrogen-bond donors (Lipinski definition) is 0. The summed E-state index contributed by atoms with van der Waals surface area (Å²) in [5.74, 6) is 0. The van der Waals surface area contributed by atoms with E-state index in [1.165, 1.54) is 11.1 Å². The van der Waals surface area contributed by atoms with E-state index in [0.717, 1.165) is 18.7 Å². The average molecular weight is 251 g/mol. The van der Waals surface area contributed by atoms with Crippen LogP contribution in [0.2, 0.25) is 0 Å². The molecular formula is C16H17N3. The van der Waals surface area contributed by atoms with Crippen molar-refractivity contribution in [3.63, 3.8) is 0 Å². The fraction of sp³-hybridized carbons (Fsp3) is 0.250. The molecule has 96 valence electrons. The van der Waals surface area contributed by atoms with Gasteiger partial charge in [-0.1, -0.05) is 18.2 Å². The van der Waals surface area contributed by atoms with Gasteiger partial charge in [0.1, 0.15) is 0 Å². The predicted molar refractivity (Wildman–Crippen MR) is 75.3 cm³/mol. The maximum Gasteiger partial charge on any atom is 0.0991 e. The monoisotopic (exact) mass is 251 g/mol. The standard InChI is InChI=1S/C16H17N3/c1-13-6-16(10-18-9-13)12-19(2)11-15-5-3-4-14(7-15)8-17/h3-7,9-10H,11-12H2,1-2H3. The maximum atomic E-state index is 8.89. The predicted octanol–water partition coefficient (Wildman–Crippen LogP) is 2.89. The van der Waals surface area contributed by atoms with Gasteiger partial charge in [0.05, 0.1) is 11.6 Å². The lowest BCUT2D eigenvalue weighted by molar-refractivity contribution is 0.318. The second kappa shape index (κ2) is 6.12. The zero-order chi connectivity index (χ0) is 13.7. The number of nitriles is 1. The largest absolute Gasteiger partial charge is 0.298 e. The van der Waals surface area contributed by atoms with E-state index in [2.05, 4.69) is 29.1 Å². The quantitative estimate of drug-likeness (QED) is 0.838. The van der Waals surface area contributed by atoms with Crippen LogP contribution in [0, 0.1) is 18.3 Å². The van der Waals surface area contributed by atoms with Crippen LogP contribution in [0.4, 0.5) is 0 Å². The van der Waals surface area contributed by atoms with Crippen LogP contribution in [0.3, 0.4) is 0 Å². The summed E-state index contributed by atoms with van der Waals surface area (Å²) in [6.07, 6.45) is 3.76. The van der Waals surface area contributed by atoms with E-state index in [9.17, 15) is 0 Å². The molecule has 0 unspecified atom stereocenters. The Balaban J connectivity index is 2.01. The molecule has 0 saturated carbocycles. The Morgan fingerprint density at radius 3 is 2.68 bits per heavy atom. The van der Waals surface area contributed by atoms with Crippen LogP contribution in [-0.2, 0) is 13.1 Å². The summed E-state index contributed by atoms with van der Waals surface area (Å²) >= 11 is 0. The molecule has 19 heavy (non-hydrogen) atoms. The summed E-state index contributed by atoms with van der Waals surface area (Å²) < 4.78 is 0. The highest BCUT2D eigenvalue weighted by Crippen LogP contribution is 2.10. The van der Waals surface area contributed by atoms with E-state index in [1.54, 1.807) is 0 Å². The smallest absolute Gasteiger partial charge is 0.0991 e. The summed E-state index contributed by atoms with van der Waals surface area (Å²) in [4.78, 5) is 6.42. The maximum absolute atomic E-state index is 8.89. The molecule has 0 fully saturated rings. The highest BCUT2D eigenvalue weighted by molar-refractivity contribution is 5.32. The van der Waals surface area contributed by atoms with E-state index < -0.39 is 0 Å². The van der Waals surface area contributed by atoms with Crippen LogP contribution in [0.25, 0.3) is 0 Å². The second-order valence-corrected chi connectivity index (χ2v) is 4.86. The first-order valence-corrected chi connectivity index (χ1v) is 6.25. The number of aromatic nitrogens is 1. The molecule has 0 aliphatic heterocycles. The fourth-order valence-electron chi connectivity index (χ4n) is 2.12. The molecule has 2 rings (SSSR count). The van der Waals surface area contributed by atoms with Crippen LogP contribution in [0.15, 0.2) is 42.7 Å². The van der Waals surface area contributed by atoms with E-state index in [4.69, 9.17) is 5.26 Å². The molecule has 0 bridgehead atoms. The number of hydrogen-bond acceptors (Lipinski definition) is 3. The van der Waals surface area contributed by atoms with Gasteiger partial charge in [0, 0.05) is 25.5 Å². The van der Waals surface area contributed by atoms with Crippen LogP contribution >= 0.6 is 0 Å². The molecule has 3 nitrogen and oxygen atoms in total. The Kier molecular flexibility index (Phi) is 4.27. The molecule has 0 aliphatic carbocycles. The highest BCUT2D eigenvalue weighted by Gasteiger charge is 2.03. The van der Waals surface area contributed by atoms with Crippen molar-refractivity contribution in [3.8, 4) is 6.07 Å². The minimum absolute atomic E-state index is 0.711. The van der Waals surface area contributed by atoms with Crippen LogP contribution in [0.5, 0.6) is 0 Å². The van der Waals surface area contributed by atoms with E-state index in [1.807, 2.05) is 43.6 Å². The number of pyridine rings is 1. The molecule has 0 radical (unpaired) electrons. The second-order valence-electron chi connectivity index (χ2n) is 4.86. The van der Waals surface area contributed by atoms with Gasteiger partial charge < -0.3 is 0 Å². The molecule has 1 aromatic heterocycles. The van der Waals surface area contributed by atoms with Crippen LogP contribution in [-0.4, -0.2) is 16.9 Å². The van der Waals surface area contributed by atoms with Gasteiger partial charge in [-0.2, -0.15) is 5.26 Å². The number of rotatable bonds is 4. The van der Waals surface area contributed by atoms with Gasteiger partial charge in [-0.25, -0.2) is 0 Å². The van der Waals surface area contributed by atoms with E-state index in [-0.39, 0.29) is 0 Å². The number of aryl methyl sites for hydroxylation is 1. The fourth-order valence-corrected chi connectivity index (χ4v) is 2.12. The Bertz CT molecular complexity index is 599. The van der Waals surface area contributed by atoms with Gasteiger partial charge in [-0.15, -0.1) is 0 Å². The molecule has 0 saturated heterocycles. The van der Waals surface area contributed by atoms with Gasteiger partial charge in [-0.3, -0.25) is 9.88 Å².